The van der Waals surface area contributed by atoms with Gasteiger partial charge in [-0.1, -0.05) is 29.5 Å². The van der Waals surface area contributed by atoms with Gasteiger partial charge >= 0.3 is 0 Å². The van der Waals surface area contributed by atoms with Gasteiger partial charge in [0, 0.05) is 39.3 Å². The predicted octanol–water partition coefficient (Wildman–Crippen LogP) is 3.72. The number of hydrogen-bond acceptors (Lipinski definition) is 7. The van der Waals surface area contributed by atoms with Gasteiger partial charge in [0.05, 0.1) is 16.1 Å². The molecule has 2 saturated heterocycles. The molecule has 2 aromatic heterocycles. The van der Waals surface area contributed by atoms with E-state index in [1.54, 1.807) is 28.8 Å². The summed E-state index contributed by atoms with van der Waals surface area (Å²) >= 11 is 2.95. The minimum atomic E-state index is -3.51. The van der Waals surface area contributed by atoms with Crippen LogP contribution in [0.1, 0.15) is 24.0 Å². The van der Waals surface area contributed by atoms with Crippen LogP contribution in [-0.2, 0) is 14.8 Å². The van der Waals surface area contributed by atoms with Crippen molar-refractivity contribution in [3.8, 4) is 0 Å². The fourth-order valence-corrected chi connectivity index (χ4v) is 8.49. The van der Waals surface area contributed by atoms with Crippen molar-refractivity contribution in [3.63, 3.8) is 0 Å². The van der Waals surface area contributed by atoms with Gasteiger partial charge in [0.2, 0.25) is 5.91 Å². The van der Waals surface area contributed by atoms with Crippen molar-refractivity contribution < 1.29 is 13.2 Å². The number of aromatic nitrogens is 1. The van der Waals surface area contributed by atoms with Gasteiger partial charge in [-0.15, -0.1) is 11.3 Å². The van der Waals surface area contributed by atoms with Crippen LogP contribution in [0.5, 0.6) is 0 Å². The van der Waals surface area contributed by atoms with Gasteiger partial charge < -0.3 is 9.80 Å². The van der Waals surface area contributed by atoms with Gasteiger partial charge in [-0.3, -0.25) is 4.79 Å². The van der Waals surface area contributed by atoms with E-state index in [0.29, 0.717) is 30.3 Å². The normalized spacial score (nSPS) is 20.5. The standard InChI is InChI=1S/C23H28N4O3S3/c1-16-7-8-17(2)21-20(16)24-23(32-21)26-12-10-25(11-13-26)22(28)18-5-3-9-27(15-18)33(29,30)19-6-4-14-31-19/h4,6-8,14,18H,3,5,9-13,15H2,1-2H3. The first-order valence-corrected chi connectivity index (χ1v) is 14.4. The molecule has 1 unspecified atom stereocenters. The van der Waals surface area contributed by atoms with Crippen LogP contribution >= 0.6 is 22.7 Å². The number of anilines is 1. The summed E-state index contributed by atoms with van der Waals surface area (Å²) < 4.78 is 28.9. The number of sulfonamides is 1. The molecule has 0 aliphatic carbocycles. The highest BCUT2D eigenvalue weighted by Gasteiger charge is 2.36. The Balaban J connectivity index is 1.23. The van der Waals surface area contributed by atoms with Crippen molar-refractivity contribution in [1.29, 1.82) is 0 Å². The lowest BCUT2D eigenvalue weighted by molar-refractivity contribution is -0.137. The Bertz CT molecular complexity index is 1220. The lowest BCUT2D eigenvalue weighted by atomic mass is 9.98. The Morgan fingerprint density at radius 1 is 1.06 bits per heavy atom. The van der Waals surface area contributed by atoms with E-state index in [9.17, 15) is 13.2 Å². The second-order valence-electron chi connectivity index (χ2n) is 8.82. The molecule has 2 fully saturated rings. The van der Waals surface area contributed by atoms with Crippen molar-refractivity contribution in [1.82, 2.24) is 14.2 Å². The van der Waals surface area contributed by atoms with Crippen LogP contribution < -0.4 is 4.90 Å². The number of benzene rings is 1. The first kappa shape index (κ1) is 22.8. The van der Waals surface area contributed by atoms with Crippen LogP contribution in [0.25, 0.3) is 10.2 Å². The zero-order chi connectivity index (χ0) is 23.2. The minimum Gasteiger partial charge on any atom is -0.345 e. The quantitative estimate of drug-likeness (QED) is 0.541. The van der Waals surface area contributed by atoms with E-state index in [0.717, 1.165) is 30.2 Å². The molecule has 4 heterocycles. The van der Waals surface area contributed by atoms with E-state index >= 15 is 0 Å². The number of rotatable bonds is 4. The first-order chi connectivity index (χ1) is 15.8. The van der Waals surface area contributed by atoms with E-state index < -0.39 is 10.0 Å². The molecule has 7 nitrogen and oxygen atoms in total. The molecule has 33 heavy (non-hydrogen) atoms. The lowest BCUT2D eigenvalue weighted by Gasteiger charge is -2.38. The van der Waals surface area contributed by atoms with E-state index in [1.807, 2.05) is 4.90 Å². The summed E-state index contributed by atoms with van der Waals surface area (Å²) in [6.07, 6.45) is 1.46. The van der Waals surface area contributed by atoms with Gasteiger partial charge in [0.25, 0.3) is 10.0 Å². The van der Waals surface area contributed by atoms with Crippen molar-refractivity contribution in [3.05, 3.63) is 40.8 Å². The molecule has 0 N–H and O–H groups in total. The van der Waals surface area contributed by atoms with Gasteiger partial charge in [-0.05, 0) is 49.3 Å². The van der Waals surface area contributed by atoms with Crippen LogP contribution in [0.3, 0.4) is 0 Å². The molecule has 5 rings (SSSR count). The topological polar surface area (TPSA) is 73.8 Å². The van der Waals surface area contributed by atoms with Crippen molar-refractivity contribution in [2.24, 2.45) is 5.92 Å². The highest BCUT2D eigenvalue weighted by atomic mass is 32.2. The maximum absolute atomic E-state index is 13.3. The van der Waals surface area contributed by atoms with Crippen molar-refractivity contribution >= 4 is 54.0 Å². The Morgan fingerprint density at radius 3 is 2.52 bits per heavy atom. The van der Waals surface area contributed by atoms with E-state index in [4.69, 9.17) is 4.98 Å². The van der Waals surface area contributed by atoms with E-state index in [2.05, 4.69) is 30.9 Å². The zero-order valence-corrected chi connectivity index (χ0v) is 21.3. The molecule has 0 bridgehead atoms. The molecule has 1 amide bonds. The first-order valence-electron chi connectivity index (χ1n) is 11.3. The van der Waals surface area contributed by atoms with Crippen LogP contribution in [0.15, 0.2) is 33.9 Å². The summed E-state index contributed by atoms with van der Waals surface area (Å²) in [5.41, 5.74) is 3.50. The number of fused-ring (bicyclic) bond motifs is 1. The third-order valence-electron chi connectivity index (χ3n) is 6.62. The lowest BCUT2D eigenvalue weighted by Crippen LogP contribution is -2.53. The molecule has 0 saturated carbocycles. The van der Waals surface area contributed by atoms with Crippen LogP contribution in [-0.4, -0.2) is 67.8 Å². The molecular formula is C23H28N4O3S3. The Labute approximate surface area is 202 Å². The number of hydrogen-bond donors (Lipinski definition) is 0. The third-order valence-corrected chi connectivity index (χ3v) is 11.1. The molecular weight excluding hydrogens is 476 g/mol. The fourth-order valence-electron chi connectivity index (χ4n) is 4.66. The number of thiazole rings is 1. The van der Waals surface area contributed by atoms with Gasteiger partial charge in [-0.25, -0.2) is 13.4 Å². The predicted molar refractivity (Wildman–Crippen MR) is 134 cm³/mol. The highest BCUT2D eigenvalue weighted by molar-refractivity contribution is 7.91. The molecule has 1 aromatic carbocycles. The number of piperazine rings is 1. The fraction of sp³-hybridized carbons (Fsp3) is 0.478. The Morgan fingerprint density at radius 2 is 1.82 bits per heavy atom. The summed E-state index contributed by atoms with van der Waals surface area (Å²) in [5.74, 6) is -0.190. The van der Waals surface area contributed by atoms with Crippen molar-refractivity contribution in [2.75, 3.05) is 44.2 Å². The maximum Gasteiger partial charge on any atom is 0.252 e. The van der Waals surface area contributed by atoms with Crippen LogP contribution in [0.4, 0.5) is 5.13 Å². The van der Waals surface area contributed by atoms with Crippen LogP contribution in [0.2, 0.25) is 0 Å². The highest BCUT2D eigenvalue weighted by Crippen LogP contribution is 2.34. The number of amides is 1. The average Bonchev–Trinajstić information content (AvgIpc) is 3.53. The molecule has 2 aliphatic rings. The van der Waals surface area contributed by atoms with Gasteiger partial charge in [-0.2, -0.15) is 4.31 Å². The average molecular weight is 505 g/mol. The van der Waals surface area contributed by atoms with Crippen LogP contribution in [0, 0.1) is 19.8 Å². The number of carbonyl (C=O) groups excluding carboxylic acids is 1. The van der Waals surface area contributed by atoms with E-state index in [-0.39, 0.29) is 18.4 Å². The zero-order valence-electron chi connectivity index (χ0n) is 18.9. The molecule has 2 aliphatic heterocycles. The monoisotopic (exact) mass is 504 g/mol. The maximum atomic E-state index is 13.3. The third kappa shape index (κ3) is 4.29. The Kier molecular flexibility index (Phi) is 6.19. The smallest absolute Gasteiger partial charge is 0.252 e. The second-order valence-corrected chi connectivity index (χ2v) is 12.9. The molecule has 1 atom stereocenters. The molecule has 10 heteroatoms. The van der Waals surface area contributed by atoms with Gasteiger partial charge in [0.15, 0.2) is 5.13 Å². The minimum absolute atomic E-state index is 0.0803. The number of nitrogens with zero attached hydrogens (tertiary/aromatic N) is 4. The summed E-state index contributed by atoms with van der Waals surface area (Å²) in [6, 6.07) is 7.64. The molecule has 0 radical (unpaired) electrons. The summed E-state index contributed by atoms with van der Waals surface area (Å²) in [5, 5.41) is 2.79. The van der Waals surface area contributed by atoms with Crippen molar-refractivity contribution in [2.45, 2.75) is 30.9 Å². The number of thiophene rings is 1. The number of aryl methyl sites for hydroxylation is 2. The summed E-state index contributed by atoms with van der Waals surface area (Å²) in [4.78, 5) is 22.3. The summed E-state index contributed by atoms with van der Waals surface area (Å²) in [6.45, 7) is 7.73. The Hall–Kier alpha value is -2.01. The van der Waals surface area contributed by atoms with E-state index in [1.165, 1.54) is 31.5 Å². The number of piperidine rings is 1. The second kappa shape index (κ2) is 8.98. The number of carbonyl (C=O) groups is 1. The molecule has 176 valence electrons. The van der Waals surface area contributed by atoms with Gasteiger partial charge in [0.1, 0.15) is 4.21 Å². The largest absolute Gasteiger partial charge is 0.345 e. The SMILES string of the molecule is Cc1ccc(C)c2sc(N3CCN(C(=O)C4CCCN(S(=O)(=O)c5cccs5)C4)CC3)nc12. The molecule has 0 spiro atoms. The summed E-state index contributed by atoms with van der Waals surface area (Å²) in [7, 11) is -3.51. The molecule has 3 aromatic rings.